The van der Waals surface area contributed by atoms with E-state index in [0.717, 1.165) is 51.7 Å². The number of aliphatic imine (C=N–C) groups is 1. The maximum absolute atomic E-state index is 5.51. The molecule has 1 atom stereocenters. The van der Waals surface area contributed by atoms with Crippen LogP contribution in [0.4, 0.5) is 0 Å². The summed E-state index contributed by atoms with van der Waals surface area (Å²) in [6.45, 7) is 8.93. The average Bonchev–Trinajstić information content (AvgIpc) is 3.22. The molecule has 0 radical (unpaired) electrons. The number of guanidine groups is 1. The molecule has 1 aromatic carbocycles. The van der Waals surface area contributed by atoms with E-state index >= 15 is 0 Å². The minimum atomic E-state index is 0.349. The van der Waals surface area contributed by atoms with Crippen molar-refractivity contribution in [3.05, 3.63) is 35.9 Å². The largest absolute Gasteiger partial charge is 0.382 e. The highest BCUT2D eigenvalue weighted by Gasteiger charge is 2.23. The summed E-state index contributed by atoms with van der Waals surface area (Å²) >= 11 is 0. The molecule has 2 N–H and O–H groups in total. The number of nitrogens with zero attached hydrogens (tertiary/aromatic N) is 2. The first-order valence-corrected chi connectivity index (χ1v) is 10.2. The third-order valence-electron chi connectivity index (χ3n) is 4.72. The van der Waals surface area contributed by atoms with Gasteiger partial charge in [0.15, 0.2) is 5.96 Å². The van der Waals surface area contributed by atoms with Crippen LogP contribution in [0.25, 0.3) is 0 Å². The van der Waals surface area contributed by atoms with Crippen molar-refractivity contribution < 1.29 is 9.47 Å². The highest BCUT2D eigenvalue weighted by atomic mass is 16.5. The molecule has 0 spiro atoms. The lowest BCUT2D eigenvalue weighted by atomic mass is 10.1. The lowest BCUT2D eigenvalue weighted by molar-refractivity contribution is 0.0698. The van der Waals surface area contributed by atoms with Crippen LogP contribution in [0, 0.1) is 0 Å². The first-order valence-electron chi connectivity index (χ1n) is 10.2. The first-order chi connectivity index (χ1) is 13.3. The zero-order chi connectivity index (χ0) is 19.2. The van der Waals surface area contributed by atoms with Crippen LogP contribution in [0.15, 0.2) is 35.3 Å². The molecule has 27 heavy (non-hydrogen) atoms. The summed E-state index contributed by atoms with van der Waals surface area (Å²) in [6, 6.07) is 11.1. The maximum Gasteiger partial charge on any atom is 0.191 e. The number of ether oxygens (including phenoxy) is 2. The second-order valence-corrected chi connectivity index (χ2v) is 6.77. The summed E-state index contributed by atoms with van der Waals surface area (Å²) in [4.78, 5) is 7.44. The Labute approximate surface area is 164 Å². The van der Waals surface area contributed by atoms with E-state index in [1.165, 1.54) is 18.4 Å². The molecule has 152 valence electrons. The normalized spacial score (nSPS) is 16.4. The van der Waals surface area contributed by atoms with Crippen LogP contribution in [0.5, 0.6) is 0 Å². The third kappa shape index (κ3) is 8.28. The van der Waals surface area contributed by atoms with Crippen LogP contribution in [0.2, 0.25) is 0 Å². The van der Waals surface area contributed by atoms with E-state index in [2.05, 4.69) is 52.8 Å². The van der Waals surface area contributed by atoms with E-state index in [-0.39, 0.29) is 0 Å². The number of hydrogen-bond acceptors (Lipinski definition) is 4. The molecule has 0 amide bonds. The van der Waals surface area contributed by atoms with Gasteiger partial charge in [-0.05, 0) is 44.8 Å². The Morgan fingerprint density at radius 1 is 1.11 bits per heavy atom. The summed E-state index contributed by atoms with van der Waals surface area (Å²) < 4.78 is 10.5. The first kappa shape index (κ1) is 21.7. The van der Waals surface area contributed by atoms with Gasteiger partial charge in [0.2, 0.25) is 0 Å². The van der Waals surface area contributed by atoms with Crippen molar-refractivity contribution in [2.75, 3.05) is 59.7 Å². The fourth-order valence-electron chi connectivity index (χ4n) is 3.30. The van der Waals surface area contributed by atoms with Gasteiger partial charge in [0.25, 0.3) is 0 Å². The second-order valence-electron chi connectivity index (χ2n) is 6.77. The zero-order valence-electron chi connectivity index (χ0n) is 17.0. The number of methoxy groups -OCH3 is 1. The Morgan fingerprint density at radius 3 is 2.59 bits per heavy atom. The van der Waals surface area contributed by atoms with Crippen molar-refractivity contribution in [1.82, 2.24) is 15.5 Å². The third-order valence-corrected chi connectivity index (χ3v) is 4.72. The lowest BCUT2D eigenvalue weighted by Crippen LogP contribution is -2.39. The predicted octanol–water partition coefficient (Wildman–Crippen LogP) is 2.43. The van der Waals surface area contributed by atoms with Gasteiger partial charge in [0.05, 0.1) is 25.8 Å². The summed E-state index contributed by atoms with van der Waals surface area (Å²) in [5, 5.41) is 6.77. The number of hydrogen-bond donors (Lipinski definition) is 2. The zero-order valence-corrected chi connectivity index (χ0v) is 17.0. The standard InChI is InChI=1S/C21H36N4O2/c1-3-22-21(23-12-9-15-27-17-16-26-2)24-18-20(25-13-7-8-14-25)19-10-5-4-6-11-19/h4-6,10-11,20H,3,7-9,12-18H2,1-2H3,(H2,22,23,24). The quantitative estimate of drug-likeness (QED) is 0.333. The van der Waals surface area contributed by atoms with Crippen molar-refractivity contribution in [3.63, 3.8) is 0 Å². The molecule has 0 aliphatic carbocycles. The molecule has 1 aliphatic heterocycles. The monoisotopic (exact) mass is 376 g/mol. The molecule has 0 saturated carbocycles. The molecule has 1 aliphatic rings. The van der Waals surface area contributed by atoms with Crippen molar-refractivity contribution in [1.29, 1.82) is 0 Å². The second kappa shape index (κ2) is 13.5. The summed E-state index contributed by atoms with van der Waals surface area (Å²) in [6.07, 6.45) is 3.52. The van der Waals surface area contributed by atoms with Crippen LogP contribution < -0.4 is 10.6 Å². The molecular weight excluding hydrogens is 340 g/mol. The van der Waals surface area contributed by atoms with Crippen LogP contribution in [-0.2, 0) is 9.47 Å². The Hall–Kier alpha value is -1.63. The molecule has 0 bridgehead atoms. The molecule has 1 fully saturated rings. The van der Waals surface area contributed by atoms with Gasteiger partial charge >= 0.3 is 0 Å². The number of likely N-dealkylation sites (tertiary alicyclic amines) is 1. The van der Waals surface area contributed by atoms with E-state index in [4.69, 9.17) is 14.5 Å². The SMILES string of the molecule is CCNC(=NCC(c1ccccc1)N1CCCC1)NCCCOCCOC. The lowest BCUT2D eigenvalue weighted by Gasteiger charge is -2.27. The van der Waals surface area contributed by atoms with E-state index in [0.29, 0.717) is 19.3 Å². The molecule has 1 aromatic rings. The smallest absolute Gasteiger partial charge is 0.191 e. The molecular formula is C21H36N4O2. The van der Waals surface area contributed by atoms with E-state index in [9.17, 15) is 0 Å². The maximum atomic E-state index is 5.51. The number of benzene rings is 1. The average molecular weight is 377 g/mol. The molecule has 1 unspecified atom stereocenters. The fraction of sp³-hybridized carbons (Fsp3) is 0.667. The van der Waals surface area contributed by atoms with Crippen LogP contribution in [0.3, 0.4) is 0 Å². The van der Waals surface area contributed by atoms with Gasteiger partial charge in [-0.25, -0.2) is 0 Å². The van der Waals surface area contributed by atoms with E-state index < -0.39 is 0 Å². The summed E-state index contributed by atoms with van der Waals surface area (Å²) in [7, 11) is 1.69. The molecule has 0 aromatic heterocycles. The number of nitrogens with one attached hydrogen (secondary N) is 2. The summed E-state index contributed by atoms with van der Waals surface area (Å²) in [5.74, 6) is 0.884. The minimum Gasteiger partial charge on any atom is -0.382 e. The fourth-order valence-corrected chi connectivity index (χ4v) is 3.30. The summed E-state index contributed by atoms with van der Waals surface area (Å²) in [5.41, 5.74) is 1.35. The van der Waals surface area contributed by atoms with Crippen molar-refractivity contribution in [3.8, 4) is 0 Å². The molecule has 1 heterocycles. The molecule has 6 heteroatoms. The topological polar surface area (TPSA) is 58.1 Å². The molecule has 2 rings (SSSR count). The van der Waals surface area contributed by atoms with Gasteiger partial charge in [-0.1, -0.05) is 30.3 Å². The van der Waals surface area contributed by atoms with E-state index in [1.54, 1.807) is 7.11 Å². The van der Waals surface area contributed by atoms with Gasteiger partial charge in [-0.2, -0.15) is 0 Å². The predicted molar refractivity (Wildman–Crippen MR) is 111 cm³/mol. The van der Waals surface area contributed by atoms with Crippen LogP contribution in [-0.4, -0.2) is 70.5 Å². The van der Waals surface area contributed by atoms with Gasteiger partial charge in [-0.3, -0.25) is 9.89 Å². The highest BCUT2D eigenvalue weighted by molar-refractivity contribution is 5.79. The highest BCUT2D eigenvalue weighted by Crippen LogP contribution is 2.25. The van der Waals surface area contributed by atoms with Crippen LogP contribution >= 0.6 is 0 Å². The van der Waals surface area contributed by atoms with Gasteiger partial charge in [0.1, 0.15) is 0 Å². The Bertz CT molecular complexity index is 518. The Kier molecular flexibility index (Phi) is 10.9. The minimum absolute atomic E-state index is 0.349. The molecule has 6 nitrogen and oxygen atoms in total. The van der Waals surface area contributed by atoms with Gasteiger partial charge in [-0.15, -0.1) is 0 Å². The van der Waals surface area contributed by atoms with Crippen LogP contribution in [0.1, 0.15) is 37.8 Å². The van der Waals surface area contributed by atoms with E-state index in [1.807, 2.05) is 0 Å². The van der Waals surface area contributed by atoms with Gasteiger partial charge in [0, 0.05) is 26.8 Å². The number of rotatable bonds is 12. The van der Waals surface area contributed by atoms with Crippen molar-refractivity contribution in [2.24, 2.45) is 4.99 Å². The van der Waals surface area contributed by atoms with Gasteiger partial charge < -0.3 is 20.1 Å². The van der Waals surface area contributed by atoms with Crippen molar-refractivity contribution in [2.45, 2.75) is 32.2 Å². The Balaban J connectivity index is 1.86. The molecule has 1 saturated heterocycles. The van der Waals surface area contributed by atoms with Crippen molar-refractivity contribution >= 4 is 5.96 Å². The Morgan fingerprint density at radius 2 is 1.89 bits per heavy atom.